The summed E-state index contributed by atoms with van der Waals surface area (Å²) in [4.78, 5) is 27.0. The summed E-state index contributed by atoms with van der Waals surface area (Å²) in [6.45, 7) is 6.22. The zero-order valence-corrected chi connectivity index (χ0v) is 16.3. The number of benzene rings is 1. The highest BCUT2D eigenvalue weighted by atomic mass is 35.5. The van der Waals surface area contributed by atoms with Crippen molar-refractivity contribution in [2.45, 2.75) is 37.6 Å². The van der Waals surface area contributed by atoms with E-state index in [1.165, 1.54) is 0 Å². The molecule has 0 radical (unpaired) electrons. The van der Waals surface area contributed by atoms with Crippen molar-refractivity contribution < 1.29 is 9.59 Å². The van der Waals surface area contributed by atoms with Gasteiger partial charge in [0.15, 0.2) is 0 Å². The molecule has 1 aromatic carbocycles. The number of para-hydroxylation sites is 1. The van der Waals surface area contributed by atoms with Crippen LogP contribution in [-0.2, 0) is 4.79 Å². The minimum atomic E-state index is -0.587. The number of alkyl halides is 1. The summed E-state index contributed by atoms with van der Waals surface area (Å²) in [6, 6.07) is 7.88. The molecule has 0 unspecified atom stereocenters. The highest BCUT2D eigenvalue weighted by molar-refractivity contribution is 6.45. The van der Waals surface area contributed by atoms with Crippen molar-refractivity contribution in [1.82, 2.24) is 14.8 Å². The Morgan fingerprint density at radius 2 is 1.88 bits per heavy atom. The molecule has 2 aromatic rings. The van der Waals surface area contributed by atoms with Gasteiger partial charge in [-0.25, -0.2) is 0 Å². The first-order chi connectivity index (χ1) is 12.3. The Bertz CT molecular complexity index is 820. The van der Waals surface area contributed by atoms with Gasteiger partial charge in [-0.15, -0.1) is 11.6 Å². The predicted molar refractivity (Wildman–Crippen MR) is 105 cm³/mol. The topological polar surface area (TPSA) is 54.3 Å². The molecule has 0 bridgehead atoms. The van der Waals surface area contributed by atoms with Crippen molar-refractivity contribution in [3.05, 3.63) is 36.0 Å². The van der Waals surface area contributed by atoms with E-state index in [0.29, 0.717) is 12.1 Å². The predicted octanol–water partition coefficient (Wildman–Crippen LogP) is 3.22. The molecule has 1 amide bonds. The maximum atomic E-state index is 12.7. The van der Waals surface area contributed by atoms with Gasteiger partial charge in [0.25, 0.3) is 11.7 Å². The molecule has 1 aliphatic rings. The molecule has 0 aliphatic carbocycles. The van der Waals surface area contributed by atoms with Gasteiger partial charge in [0.2, 0.25) is 0 Å². The van der Waals surface area contributed by atoms with Gasteiger partial charge in [0.05, 0.1) is 10.4 Å². The van der Waals surface area contributed by atoms with Crippen LogP contribution in [0, 0.1) is 0 Å². The number of ketones is 1. The van der Waals surface area contributed by atoms with Gasteiger partial charge < -0.3 is 14.8 Å². The number of carbonyl (C=O) groups is 2. The summed E-state index contributed by atoms with van der Waals surface area (Å²) in [6.07, 6.45) is 3.38. The van der Waals surface area contributed by atoms with Gasteiger partial charge >= 0.3 is 0 Å². The fraction of sp³-hybridized carbons (Fsp3) is 0.500. The summed E-state index contributed by atoms with van der Waals surface area (Å²) in [7, 11) is 2.06. The van der Waals surface area contributed by atoms with Gasteiger partial charge in [-0.3, -0.25) is 9.59 Å². The zero-order chi connectivity index (χ0) is 18.9. The second-order valence-corrected chi connectivity index (χ2v) is 8.33. The number of nitrogens with one attached hydrogen (secondary N) is 1. The highest BCUT2D eigenvalue weighted by Gasteiger charge is 2.33. The molecule has 1 aliphatic heterocycles. The second kappa shape index (κ2) is 7.41. The van der Waals surface area contributed by atoms with E-state index in [4.69, 9.17) is 11.6 Å². The van der Waals surface area contributed by atoms with Gasteiger partial charge in [-0.1, -0.05) is 18.2 Å². The normalized spacial score (nSPS) is 17.6. The lowest BCUT2D eigenvalue weighted by Gasteiger charge is -2.35. The third-order valence-corrected chi connectivity index (χ3v) is 5.71. The Kier molecular flexibility index (Phi) is 5.39. The maximum Gasteiger partial charge on any atom is 0.292 e. The van der Waals surface area contributed by atoms with Crippen LogP contribution < -0.4 is 5.32 Å². The molecular weight excluding hydrogens is 350 g/mol. The number of hydrogen-bond donors (Lipinski definition) is 1. The molecule has 0 atom stereocenters. The fourth-order valence-corrected chi connectivity index (χ4v) is 3.69. The first-order valence-corrected chi connectivity index (χ1v) is 9.48. The van der Waals surface area contributed by atoms with Crippen molar-refractivity contribution in [3.63, 3.8) is 0 Å². The largest absolute Gasteiger partial charge is 0.347 e. The highest BCUT2D eigenvalue weighted by Crippen LogP contribution is 2.28. The van der Waals surface area contributed by atoms with Crippen LogP contribution in [0.15, 0.2) is 30.5 Å². The fourth-order valence-electron chi connectivity index (χ4n) is 3.45. The molecule has 1 aromatic heterocycles. The van der Waals surface area contributed by atoms with Crippen LogP contribution in [0.4, 0.5) is 0 Å². The molecule has 2 heterocycles. The van der Waals surface area contributed by atoms with Crippen LogP contribution in [0.5, 0.6) is 0 Å². The molecule has 1 fully saturated rings. The van der Waals surface area contributed by atoms with Gasteiger partial charge in [-0.05, 0) is 52.9 Å². The Morgan fingerprint density at radius 1 is 1.23 bits per heavy atom. The summed E-state index contributed by atoms with van der Waals surface area (Å²) in [5.41, 5.74) is 1.40. The van der Waals surface area contributed by atoms with E-state index in [-0.39, 0.29) is 6.04 Å². The van der Waals surface area contributed by atoms with Crippen molar-refractivity contribution in [2.75, 3.05) is 26.7 Å². The van der Waals surface area contributed by atoms with Crippen molar-refractivity contribution in [1.29, 1.82) is 0 Å². The van der Waals surface area contributed by atoms with E-state index < -0.39 is 16.6 Å². The van der Waals surface area contributed by atoms with Gasteiger partial charge in [-0.2, -0.15) is 0 Å². The number of halogens is 1. The van der Waals surface area contributed by atoms with Crippen LogP contribution in [0.2, 0.25) is 0 Å². The Balaban J connectivity index is 1.75. The number of carbonyl (C=O) groups excluding carboxylic acids is 2. The molecule has 140 valence electrons. The summed E-state index contributed by atoms with van der Waals surface area (Å²) < 4.78 is 2.02. The van der Waals surface area contributed by atoms with E-state index in [9.17, 15) is 9.59 Å². The van der Waals surface area contributed by atoms with Crippen LogP contribution in [0.3, 0.4) is 0 Å². The van der Waals surface area contributed by atoms with Crippen molar-refractivity contribution >= 4 is 34.2 Å². The molecule has 0 spiro atoms. The van der Waals surface area contributed by atoms with E-state index >= 15 is 0 Å². The molecule has 5 nitrogen and oxygen atoms in total. The number of piperidine rings is 1. The van der Waals surface area contributed by atoms with Crippen molar-refractivity contribution in [2.24, 2.45) is 0 Å². The maximum absolute atomic E-state index is 12.7. The van der Waals surface area contributed by atoms with Crippen LogP contribution in [0.25, 0.3) is 10.9 Å². The lowest BCUT2D eigenvalue weighted by molar-refractivity contribution is -0.117. The second-order valence-electron chi connectivity index (χ2n) is 7.53. The number of hydrogen-bond acceptors (Lipinski definition) is 3. The van der Waals surface area contributed by atoms with E-state index in [1.54, 1.807) is 6.20 Å². The van der Waals surface area contributed by atoms with Crippen molar-refractivity contribution in [3.8, 4) is 0 Å². The quantitative estimate of drug-likeness (QED) is 0.496. The molecule has 6 heteroatoms. The Hall–Kier alpha value is -1.85. The average Bonchev–Trinajstić information content (AvgIpc) is 3.02. The van der Waals surface area contributed by atoms with Gasteiger partial charge in [0.1, 0.15) is 0 Å². The van der Waals surface area contributed by atoms with Crippen LogP contribution in [0.1, 0.15) is 43.1 Å². The summed E-state index contributed by atoms with van der Waals surface area (Å²) in [5, 5.41) is 3.57. The number of aromatic nitrogens is 1. The molecule has 3 rings (SSSR count). The number of amides is 1. The standard InChI is InChI=1S/C20H26ClN3O2/c1-14(2)24-12-16(15-6-4-5-7-17(15)24)18(25)19(26)22-13-20(21)8-10-23(3)11-9-20/h4-7,12,14H,8-11,13H2,1-3H3,(H,22,26). The molecule has 1 saturated heterocycles. The number of nitrogens with zero attached hydrogens (tertiary/aromatic N) is 2. The molecule has 1 N–H and O–H groups in total. The monoisotopic (exact) mass is 375 g/mol. The lowest BCUT2D eigenvalue weighted by atomic mass is 9.96. The Morgan fingerprint density at radius 3 is 2.54 bits per heavy atom. The summed E-state index contributed by atoms with van der Waals surface area (Å²) >= 11 is 6.62. The number of rotatable bonds is 5. The van der Waals surface area contributed by atoms with E-state index in [1.807, 2.05) is 28.8 Å². The minimum Gasteiger partial charge on any atom is -0.347 e. The number of Topliss-reactive ketones (excluding diaryl/α,β-unsaturated/α-hetero) is 1. The summed E-state index contributed by atoms with van der Waals surface area (Å²) in [5.74, 6) is -1.09. The first kappa shape index (κ1) is 18.9. The molecule has 0 saturated carbocycles. The number of likely N-dealkylation sites (tertiary alicyclic amines) is 1. The SMILES string of the molecule is CC(C)n1cc(C(=O)C(=O)NCC2(Cl)CCN(C)CC2)c2ccccc21. The van der Waals surface area contributed by atoms with Gasteiger partial charge in [0, 0.05) is 29.7 Å². The Labute approximate surface area is 159 Å². The van der Waals surface area contributed by atoms with E-state index in [2.05, 4.69) is 31.1 Å². The third kappa shape index (κ3) is 3.79. The number of fused-ring (bicyclic) bond motifs is 1. The molecular formula is C20H26ClN3O2. The first-order valence-electron chi connectivity index (χ1n) is 9.10. The zero-order valence-electron chi connectivity index (χ0n) is 15.6. The van der Waals surface area contributed by atoms with Crippen LogP contribution in [-0.4, -0.2) is 52.7 Å². The minimum absolute atomic E-state index is 0.204. The average molecular weight is 376 g/mol. The smallest absolute Gasteiger partial charge is 0.292 e. The molecule has 26 heavy (non-hydrogen) atoms. The van der Waals surface area contributed by atoms with E-state index in [0.717, 1.165) is 36.8 Å². The lowest BCUT2D eigenvalue weighted by Crippen LogP contribution is -2.47. The van der Waals surface area contributed by atoms with Crippen LogP contribution >= 0.6 is 11.6 Å². The third-order valence-electron chi connectivity index (χ3n) is 5.20.